The van der Waals surface area contributed by atoms with Crippen LogP contribution in [0.5, 0.6) is 0 Å². The average Bonchev–Trinajstić information content (AvgIpc) is 2.28. The summed E-state index contributed by atoms with van der Waals surface area (Å²) in [5.74, 6) is 1.08. The van der Waals surface area contributed by atoms with E-state index < -0.39 is 0 Å². The highest BCUT2D eigenvalue weighted by Gasteiger charge is 2.11. The Balaban J connectivity index is 2.79. The van der Waals surface area contributed by atoms with Crippen LogP contribution in [0.2, 0.25) is 0 Å². The number of rotatable bonds is 5. The highest BCUT2D eigenvalue weighted by molar-refractivity contribution is 5.41. The summed E-state index contributed by atoms with van der Waals surface area (Å²) in [4.78, 5) is 6.97. The third-order valence-electron chi connectivity index (χ3n) is 3.08. The maximum absolute atomic E-state index is 4.70. The molecule has 0 aliphatic rings. The molecule has 0 radical (unpaired) electrons. The summed E-state index contributed by atoms with van der Waals surface area (Å²) in [6.07, 6.45) is 0. The third kappa shape index (κ3) is 4.30. The lowest BCUT2D eigenvalue weighted by Crippen LogP contribution is -2.35. The molecule has 1 heterocycles. The van der Waals surface area contributed by atoms with Gasteiger partial charge in [0.1, 0.15) is 5.82 Å². The largest absolute Gasteiger partial charge is 0.357 e. The van der Waals surface area contributed by atoms with Gasteiger partial charge in [-0.15, -0.1) is 0 Å². The fourth-order valence-electron chi connectivity index (χ4n) is 1.85. The molecule has 1 rings (SSSR count). The molecule has 0 saturated carbocycles. The minimum atomic E-state index is 0.143. The minimum absolute atomic E-state index is 0.143. The van der Waals surface area contributed by atoms with Crippen LogP contribution in [0.4, 0.5) is 5.82 Å². The molecule has 0 aliphatic carbocycles. The predicted molar refractivity (Wildman–Crippen MR) is 79.1 cm³/mol. The molecule has 0 aliphatic heterocycles. The second-order valence-electron chi connectivity index (χ2n) is 5.69. The van der Waals surface area contributed by atoms with Crippen LogP contribution in [0.1, 0.15) is 45.9 Å². The summed E-state index contributed by atoms with van der Waals surface area (Å²) in [5, 5.41) is 3.50. The molecule has 102 valence electrons. The molecule has 0 fully saturated rings. The van der Waals surface area contributed by atoms with E-state index in [1.807, 2.05) is 0 Å². The number of nitrogens with one attached hydrogen (secondary N) is 1. The first-order valence-corrected chi connectivity index (χ1v) is 6.84. The Morgan fingerprint density at radius 2 is 1.78 bits per heavy atom. The Morgan fingerprint density at radius 1 is 1.17 bits per heavy atom. The zero-order chi connectivity index (χ0) is 13.8. The van der Waals surface area contributed by atoms with Crippen molar-refractivity contribution < 1.29 is 0 Å². The zero-order valence-corrected chi connectivity index (χ0v) is 12.7. The Labute approximate surface area is 112 Å². The molecule has 0 saturated heterocycles. The quantitative estimate of drug-likeness (QED) is 0.869. The molecule has 0 amide bonds. The van der Waals surface area contributed by atoms with Crippen molar-refractivity contribution in [2.24, 2.45) is 0 Å². The second kappa shape index (κ2) is 6.19. The molecular formula is C15H27N3. The van der Waals surface area contributed by atoms with Gasteiger partial charge in [-0.1, -0.05) is 6.07 Å². The summed E-state index contributed by atoms with van der Waals surface area (Å²) < 4.78 is 0. The predicted octanol–water partition coefficient (Wildman–Crippen LogP) is 3.12. The van der Waals surface area contributed by atoms with Crippen molar-refractivity contribution in [3.63, 3.8) is 0 Å². The highest BCUT2D eigenvalue weighted by atomic mass is 15.2. The van der Waals surface area contributed by atoms with Crippen LogP contribution in [0, 0.1) is 6.92 Å². The van der Waals surface area contributed by atoms with E-state index in [0.717, 1.165) is 31.1 Å². The van der Waals surface area contributed by atoms with Crippen LogP contribution in [-0.4, -0.2) is 23.6 Å². The lowest BCUT2D eigenvalue weighted by atomic mass is 10.1. The van der Waals surface area contributed by atoms with E-state index in [0.29, 0.717) is 0 Å². The van der Waals surface area contributed by atoms with E-state index in [2.05, 4.69) is 63.9 Å². The van der Waals surface area contributed by atoms with E-state index >= 15 is 0 Å². The molecule has 0 unspecified atom stereocenters. The topological polar surface area (TPSA) is 28.2 Å². The van der Waals surface area contributed by atoms with Crippen LogP contribution in [0.15, 0.2) is 12.1 Å². The average molecular weight is 249 g/mol. The van der Waals surface area contributed by atoms with Crippen LogP contribution >= 0.6 is 0 Å². The van der Waals surface area contributed by atoms with Crippen molar-refractivity contribution >= 4 is 5.82 Å². The van der Waals surface area contributed by atoms with Crippen molar-refractivity contribution in [2.45, 2.75) is 53.6 Å². The second-order valence-corrected chi connectivity index (χ2v) is 5.69. The van der Waals surface area contributed by atoms with Crippen LogP contribution in [-0.2, 0) is 6.54 Å². The summed E-state index contributed by atoms with van der Waals surface area (Å²) in [6.45, 7) is 15.8. The number of aryl methyl sites for hydroxylation is 1. The number of hydrogen-bond acceptors (Lipinski definition) is 3. The van der Waals surface area contributed by atoms with Crippen molar-refractivity contribution in [1.82, 2.24) is 10.3 Å². The van der Waals surface area contributed by atoms with E-state index in [-0.39, 0.29) is 5.54 Å². The lowest BCUT2D eigenvalue weighted by Gasteiger charge is -2.23. The van der Waals surface area contributed by atoms with E-state index in [4.69, 9.17) is 4.98 Å². The summed E-state index contributed by atoms with van der Waals surface area (Å²) >= 11 is 0. The molecule has 0 bridgehead atoms. The summed E-state index contributed by atoms with van der Waals surface area (Å²) in [7, 11) is 0. The van der Waals surface area contributed by atoms with Crippen molar-refractivity contribution in [3.05, 3.63) is 23.4 Å². The van der Waals surface area contributed by atoms with Gasteiger partial charge in [-0.05, 0) is 53.2 Å². The summed E-state index contributed by atoms with van der Waals surface area (Å²) in [6, 6.07) is 4.31. The van der Waals surface area contributed by atoms with Gasteiger partial charge in [0.2, 0.25) is 0 Å². The minimum Gasteiger partial charge on any atom is -0.357 e. The molecule has 0 aromatic carbocycles. The van der Waals surface area contributed by atoms with Gasteiger partial charge in [0.05, 0.1) is 0 Å². The fraction of sp³-hybridized carbons (Fsp3) is 0.667. The molecule has 18 heavy (non-hydrogen) atoms. The van der Waals surface area contributed by atoms with Gasteiger partial charge in [-0.25, -0.2) is 4.98 Å². The first-order chi connectivity index (χ1) is 8.37. The molecule has 1 aromatic rings. The third-order valence-corrected chi connectivity index (χ3v) is 3.08. The van der Waals surface area contributed by atoms with Gasteiger partial charge < -0.3 is 10.2 Å². The Morgan fingerprint density at radius 3 is 2.22 bits per heavy atom. The van der Waals surface area contributed by atoms with Gasteiger partial charge >= 0.3 is 0 Å². The molecule has 3 heteroatoms. The van der Waals surface area contributed by atoms with Crippen LogP contribution < -0.4 is 10.2 Å². The van der Waals surface area contributed by atoms with Gasteiger partial charge in [0.15, 0.2) is 0 Å². The molecule has 3 nitrogen and oxygen atoms in total. The van der Waals surface area contributed by atoms with Gasteiger partial charge in [-0.2, -0.15) is 0 Å². The molecular weight excluding hydrogens is 222 g/mol. The number of aromatic nitrogens is 1. The number of pyridine rings is 1. The Hall–Kier alpha value is -1.09. The monoisotopic (exact) mass is 249 g/mol. The van der Waals surface area contributed by atoms with Gasteiger partial charge in [-0.3, -0.25) is 0 Å². The van der Waals surface area contributed by atoms with E-state index in [1.54, 1.807) is 0 Å². The summed E-state index contributed by atoms with van der Waals surface area (Å²) in [5.41, 5.74) is 2.54. The Bertz CT molecular complexity index is 376. The highest BCUT2D eigenvalue weighted by Crippen LogP contribution is 2.15. The number of anilines is 1. The van der Waals surface area contributed by atoms with Crippen molar-refractivity contribution in [2.75, 3.05) is 18.0 Å². The molecule has 1 N–H and O–H groups in total. The SMILES string of the molecule is CCN(CC)c1ccc(CNC(C)(C)C)c(C)n1. The molecule has 0 spiro atoms. The van der Waals surface area contributed by atoms with Crippen LogP contribution in [0.3, 0.4) is 0 Å². The lowest BCUT2D eigenvalue weighted by molar-refractivity contribution is 0.423. The maximum Gasteiger partial charge on any atom is 0.128 e. The fourth-order valence-corrected chi connectivity index (χ4v) is 1.85. The smallest absolute Gasteiger partial charge is 0.128 e. The first kappa shape index (κ1) is 15.0. The standard InChI is InChI=1S/C15H27N3/c1-7-18(8-2)14-10-9-13(12(3)17-14)11-16-15(4,5)6/h9-10,16H,7-8,11H2,1-6H3. The first-order valence-electron chi connectivity index (χ1n) is 6.84. The zero-order valence-electron chi connectivity index (χ0n) is 12.7. The number of hydrogen-bond donors (Lipinski definition) is 1. The molecule has 0 atom stereocenters. The van der Waals surface area contributed by atoms with Crippen molar-refractivity contribution in [3.8, 4) is 0 Å². The van der Waals surface area contributed by atoms with Gasteiger partial charge in [0, 0.05) is 30.9 Å². The molecule has 1 aromatic heterocycles. The number of nitrogens with zero attached hydrogens (tertiary/aromatic N) is 2. The van der Waals surface area contributed by atoms with E-state index in [1.165, 1.54) is 5.56 Å². The van der Waals surface area contributed by atoms with Crippen molar-refractivity contribution in [1.29, 1.82) is 0 Å². The van der Waals surface area contributed by atoms with Crippen LogP contribution in [0.25, 0.3) is 0 Å². The normalized spacial score (nSPS) is 11.7. The maximum atomic E-state index is 4.70. The Kier molecular flexibility index (Phi) is 5.15. The van der Waals surface area contributed by atoms with E-state index in [9.17, 15) is 0 Å². The van der Waals surface area contributed by atoms with Gasteiger partial charge in [0.25, 0.3) is 0 Å².